The third-order valence-corrected chi connectivity index (χ3v) is 6.04. The van der Waals surface area contributed by atoms with Gasteiger partial charge in [0.25, 0.3) is 5.56 Å². The predicted molar refractivity (Wildman–Crippen MR) is 129 cm³/mol. The van der Waals surface area contributed by atoms with Gasteiger partial charge in [0.15, 0.2) is 0 Å². The highest BCUT2D eigenvalue weighted by atomic mass is 35.5. The van der Waals surface area contributed by atoms with Gasteiger partial charge >= 0.3 is 0 Å². The van der Waals surface area contributed by atoms with E-state index in [4.69, 9.17) is 11.6 Å². The lowest BCUT2D eigenvalue weighted by Gasteiger charge is -2.10. The standard InChI is InChI=1S/C25H25ClN4O2/c1-16-11-12-22(21(26)14-16)28-23(31)10-7-13-29-17(2)20-15-27-30(19-8-5-4-6-9-19)25(32)24(20)18(29)3/h4-6,8-9,11-12,14-15H,7,10,13H2,1-3H3,(H,28,31). The van der Waals surface area contributed by atoms with Crippen LogP contribution in [0, 0.1) is 20.8 Å². The number of amides is 1. The Hall–Kier alpha value is -3.38. The van der Waals surface area contributed by atoms with E-state index in [2.05, 4.69) is 15.0 Å². The molecule has 164 valence electrons. The van der Waals surface area contributed by atoms with Crippen LogP contribution in [0.1, 0.15) is 29.8 Å². The summed E-state index contributed by atoms with van der Waals surface area (Å²) in [5, 5.41) is 9.29. The van der Waals surface area contributed by atoms with Gasteiger partial charge in [0.05, 0.1) is 28.0 Å². The van der Waals surface area contributed by atoms with Crippen molar-refractivity contribution in [1.29, 1.82) is 0 Å². The SMILES string of the molecule is Cc1ccc(NC(=O)CCCn2c(C)c3cnn(-c4ccccc4)c(=O)c3c2C)c(Cl)c1. The van der Waals surface area contributed by atoms with E-state index >= 15 is 0 Å². The molecule has 4 aromatic rings. The molecule has 4 rings (SSSR count). The third kappa shape index (κ3) is 4.18. The maximum absolute atomic E-state index is 13.2. The number of rotatable bonds is 6. The van der Waals surface area contributed by atoms with E-state index in [-0.39, 0.29) is 11.5 Å². The zero-order valence-electron chi connectivity index (χ0n) is 18.4. The molecule has 0 radical (unpaired) electrons. The quantitative estimate of drug-likeness (QED) is 0.441. The van der Waals surface area contributed by atoms with Gasteiger partial charge in [-0.15, -0.1) is 0 Å². The number of carbonyl (C=O) groups is 1. The Morgan fingerprint density at radius 1 is 1.06 bits per heavy atom. The Kier molecular flexibility index (Phi) is 6.15. The van der Waals surface area contributed by atoms with Gasteiger partial charge in [0.1, 0.15) is 0 Å². The van der Waals surface area contributed by atoms with Crippen LogP contribution in [-0.4, -0.2) is 20.3 Å². The molecule has 0 fully saturated rings. The van der Waals surface area contributed by atoms with E-state index in [1.54, 1.807) is 6.20 Å². The molecule has 2 aromatic carbocycles. The lowest BCUT2D eigenvalue weighted by molar-refractivity contribution is -0.116. The summed E-state index contributed by atoms with van der Waals surface area (Å²) in [4.78, 5) is 25.6. The maximum atomic E-state index is 13.2. The molecule has 0 aliphatic heterocycles. The number of aryl methyl sites for hydroxylation is 3. The van der Waals surface area contributed by atoms with Gasteiger partial charge in [0, 0.05) is 29.7 Å². The molecule has 32 heavy (non-hydrogen) atoms. The van der Waals surface area contributed by atoms with Gasteiger partial charge in [-0.25, -0.2) is 0 Å². The van der Waals surface area contributed by atoms with Crippen LogP contribution in [0.2, 0.25) is 5.02 Å². The van der Waals surface area contributed by atoms with Gasteiger partial charge < -0.3 is 9.88 Å². The van der Waals surface area contributed by atoms with E-state index in [0.717, 1.165) is 28.0 Å². The number of para-hydroxylation sites is 1. The number of halogens is 1. The average Bonchev–Trinajstić information content (AvgIpc) is 3.02. The first-order valence-corrected chi connectivity index (χ1v) is 10.9. The lowest BCUT2D eigenvalue weighted by atomic mass is 10.2. The first-order chi connectivity index (χ1) is 15.4. The van der Waals surface area contributed by atoms with Gasteiger partial charge in [0.2, 0.25) is 5.91 Å². The van der Waals surface area contributed by atoms with Crippen molar-refractivity contribution in [3.63, 3.8) is 0 Å². The van der Waals surface area contributed by atoms with Crippen molar-refractivity contribution < 1.29 is 4.79 Å². The summed E-state index contributed by atoms with van der Waals surface area (Å²) in [7, 11) is 0. The van der Waals surface area contributed by atoms with Crippen LogP contribution >= 0.6 is 11.6 Å². The van der Waals surface area contributed by atoms with E-state index in [9.17, 15) is 9.59 Å². The van der Waals surface area contributed by atoms with Crippen molar-refractivity contribution in [2.75, 3.05) is 5.32 Å². The summed E-state index contributed by atoms with van der Waals surface area (Å²) < 4.78 is 3.52. The van der Waals surface area contributed by atoms with E-state index in [1.165, 1.54) is 4.68 Å². The predicted octanol–water partition coefficient (Wildman–Crippen LogP) is 5.18. The second-order valence-electron chi connectivity index (χ2n) is 7.94. The summed E-state index contributed by atoms with van der Waals surface area (Å²) >= 11 is 6.21. The Labute approximate surface area is 191 Å². The molecule has 0 atom stereocenters. The molecule has 1 amide bonds. The number of carbonyl (C=O) groups excluding carboxylic acids is 1. The molecule has 1 N–H and O–H groups in total. The number of benzene rings is 2. The van der Waals surface area contributed by atoms with Crippen LogP contribution in [0.3, 0.4) is 0 Å². The van der Waals surface area contributed by atoms with E-state index < -0.39 is 0 Å². The molecule has 0 saturated carbocycles. The molecule has 2 aromatic heterocycles. The number of hydrogen-bond acceptors (Lipinski definition) is 3. The average molecular weight is 449 g/mol. The lowest BCUT2D eigenvalue weighted by Crippen LogP contribution is -2.21. The van der Waals surface area contributed by atoms with Crippen LogP contribution in [-0.2, 0) is 11.3 Å². The summed E-state index contributed by atoms with van der Waals surface area (Å²) in [5.74, 6) is -0.0872. The van der Waals surface area contributed by atoms with Crippen LogP contribution in [0.25, 0.3) is 16.5 Å². The van der Waals surface area contributed by atoms with Crippen molar-refractivity contribution in [3.05, 3.63) is 87.1 Å². The molecule has 2 heterocycles. The molecule has 6 nitrogen and oxygen atoms in total. The Balaban J connectivity index is 1.51. The zero-order valence-corrected chi connectivity index (χ0v) is 19.1. The van der Waals surface area contributed by atoms with E-state index in [0.29, 0.717) is 35.5 Å². The number of anilines is 1. The number of nitrogens with one attached hydrogen (secondary N) is 1. The minimum absolute atomic E-state index is 0.0872. The third-order valence-electron chi connectivity index (χ3n) is 5.72. The monoisotopic (exact) mass is 448 g/mol. The maximum Gasteiger partial charge on any atom is 0.281 e. The Morgan fingerprint density at radius 3 is 2.53 bits per heavy atom. The van der Waals surface area contributed by atoms with Gasteiger partial charge in [-0.2, -0.15) is 9.78 Å². The van der Waals surface area contributed by atoms with E-state index in [1.807, 2.05) is 69.3 Å². The van der Waals surface area contributed by atoms with Gasteiger partial charge in [-0.3, -0.25) is 9.59 Å². The Bertz CT molecular complexity index is 1360. The smallest absolute Gasteiger partial charge is 0.281 e. The second-order valence-corrected chi connectivity index (χ2v) is 8.35. The zero-order chi connectivity index (χ0) is 22.8. The van der Waals surface area contributed by atoms with Crippen LogP contribution < -0.4 is 10.9 Å². The van der Waals surface area contributed by atoms with Crippen LogP contribution in [0.4, 0.5) is 5.69 Å². The fourth-order valence-corrected chi connectivity index (χ4v) is 4.31. The van der Waals surface area contributed by atoms with Crippen molar-refractivity contribution >= 4 is 34.0 Å². The summed E-state index contributed by atoms with van der Waals surface area (Å²) in [6.07, 6.45) is 2.73. The molecule has 7 heteroatoms. The number of aromatic nitrogens is 3. The number of fused-ring (bicyclic) bond motifs is 1. The highest BCUT2D eigenvalue weighted by Gasteiger charge is 2.17. The topological polar surface area (TPSA) is 68.9 Å². The van der Waals surface area contributed by atoms with Gasteiger partial charge in [-0.05, 0) is 57.0 Å². The molecule has 0 spiro atoms. The summed E-state index contributed by atoms with van der Waals surface area (Å²) in [6, 6.07) is 14.9. The molecule has 0 saturated heterocycles. The first kappa shape index (κ1) is 21.8. The highest BCUT2D eigenvalue weighted by Crippen LogP contribution is 2.24. The molecule has 0 bridgehead atoms. The van der Waals surface area contributed by atoms with Crippen molar-refractivity contribution in [2.24, 2.45) is 0 Å². The van der Waals surface area contributed by atoms with Crippen molar-refractivity contribution in [2.45, 2.75) is 40.2 Å². The van der Waals surface area contributed by atoms with Crippen LogP contribution in [0.15, 0.2) is 59.5 Å². The van der Waals surface area contributed by atoms with Crippen LogP contribution in [0.5, 0.6) is 0 Å². The summed E-state index contributed by atoms with van der Waals surface area (Å²) in [5.41, 5.74) is 4.12. The number of hydrogen-bond donors (Lipinski definition) is 1. The molecule has 0 aliphatic carbocycles. The molecular weight excluding hydrogens is 424 g/mol. The molecular formula is C25H25ClN4O2. The normalized spacial score (nSPS) is 11.1. The number of nitrogens with zero attached hydrogens (tertiary/aromatic N) is 3. The first-order valence-electron chi connectivity index (χ1n) is 10.6. The summed E-state index contributed by atoms with van der Waals surface area (Å²) in [6.45, 7) is 6.51. The minimum atomic E-state index is -0.139. The fourth-order valence-electron chi connectivity index (χ4n) is 4.03. The minimum Gasteiger partial charge on any atom is -0.348 e. The largest absolute Gasteiger partial charge is 0.348 e. The van der Waals surface area contributed by atoms with Crippen molar-refractivity contribution in [3.8, 4) is 5.69 Å². The fraction of sp³-hybridized carbons (Fsp3) is 0.240. The van der Waals surface area contributed by atoms with Gasteiger partial charge in [-0.1, -0.05) is 35.9 Å². The van der Waals surface area contributed by atoms with Crippen molar-refractivity contribution in [1.82, 2.24) is 14.3 Å². The Morgan fingerprint density at radius 2 is 1.81 bits per heavy atom. The molecule has 0 aliphatic rings. The second kappa shape index (κ2) is 9.01. The molecule has 0 unspecified atom stereocenters. The highest BCUT2D eigenvalue weighted by molar-refractivity contribution is 6.33.